The summed E-state index contributed by atoms with van der Waals surface area (Å²) in [6.07, 6.45) is 2.05. The lowest BCUT2D eigenvalue weighted by Crippen LogP contribution is -2.28. The first-order chi connectivity index (χ1) is 9.28. The van der Waals surface area contributed by atoms with Gasteiger partial charge in [-0.3, -0.25) is 0 Å². The van der Waals surface area contributed by atoms with E-state index in [-0.39, 0.29) is 25.4 Å². The van der Waals surface area contributed by atoms with E-state index in [1.165, 1.54) is 12.8 Å². The molecule has 0 aromatic heterocycles. The molecule has 2 rings (SSSR count). The topological polar surface area (TPSA) is 60.5 Å². The van der Waals surface area contributed by atoms with E-state index in [1.54, 1.807) is 0 Å². The number of epoxide rings is 1. The second-order valence-electron chi connectivity index (χ2n) is 5.24. The zero-order valence-electron chi connectivity index (χ0n) is 11.1. The quantitative estimate of drug-likeness (QED) is 0.426. The van der Waals surface area contributed by atoms with Crippen LogP contribution in [0.5, 0.6) is 0 Å². The zero-order chi connectivity index (χ0) is 13.5. The van der Waals surface area contributed by atoms with Gasteiger partial charge in [0.05, 0.1) is 45.0 Å². The molecule has 1 aliphatic heterocycles. The maximum Gasteiger partial charge on any atom is 0.104 e. The van der Waals surface area contributed by atoms with E-state index < -0.39 is 6.10 Å². The molecule has 1 saturated carbocycles. The maximum atomic E-state index is 9.63. The highest BCUT2D eigenvalue weighted by Gasteiger charge is 2.24. The van der Waals surface area contributed by atoms with Gasteiger partial charge >= 0.3 is 0 Å². The molecule has 1 aliphatic carbocycles. The Kier molecular flexibility index (Phi) is 6.84. The third-order valence-electron chi connectivity index (χ3n) is 3.07. The fourth-order valence-electron chi connectivity index (χ4n) is 1.58. The highest BCUT2D eigenvalue weighted by molar-refractivity contribution is 6.18. The Morgan fingerprint density at radius 2 is 1.89 bits per heavy atom. The van der Waals surface area contributed by atoms with Crippen molar-refractivity contribution in [2.24, 2.45) is 5.92 Å². The van der Waals surface area contributed by atoms with Crippen molar-refractivity contribution in [3.05, 3.63) is 0 Å². The molecule has 3 atom stereocenters. The second kappa shape index (κ2) is 8.39. The maximum absolute atomic E-state index is 9.63. The molecular formula is C13H23ClO5. The SMILES string of the molecule is OC(COCC(CCl)OCC1CC1)COC[C@@H]1CO1. The van der Waals surface area contributed by atoms with Crippen LogP contribution in [-0.4, -0.2) is 68.9 Å². The summed E-state index contributed by atoms with van der Waals surface area (Å²) in [5.41, 5.74) is 0. The molecule has 5 nitrogen and oxygen atoms in total. The average Bonchev–Trinajstić information content (AvgIpc) is 3.26. The van der Waals surface area contributed by atoms with Crippen LogP contribution in [0.4, 0.5) is 0 Å². The molecule has 19 heavy (non-hydrogen) atoms. The molecule has 2 unspecified atom stereocenters. The molecule has 0 spiro atoms. The minimum atomic E-state index is -0.613. The van der Waals surface area contributed by atoms with Gasteiger partial charge in [0.1, 0.15) is 12.2 Å². The van der Waals surface area contributed by atoms with E-state index in [9.17, 15) is 5.11 Å². The predicted molar refractivity (Wildman–Crippen MR) is 70.6 cm³/mol. The van der Waals surface area contributed by atoms with Crippen LogP contribution in [0.25, 0.3) is 0 Å². The van der Waals surface area contributed by atoms with Crippen molar-refractivity contribution >= 4 is 11.6 Å². The van der Waals surface area contributed by atoms with Gasteiger partial charge in [-0.2, -0.15) is 0 Å². The van der Waals surface area contributed by atoms with Gasteiger partial charge in [-0.05, 0) is 18.8 Å². The summed E-state index contributed by atoms with van der Waals surface area (Å²) in [6, 6.07) is 0. The molecule has 6 heteroatoms. The Morgan fingerprint density at radius 1 is 1.16 bits per heavy atom. The molecule has 0 aromatic rings. The van der Waals surface area contributed by atoms with Crippen molar-refractivity contribution < 1.29 is 24.1 Å². The minimum Gasteiger partial charge on any atom is -0.388 e. The standard InChI is InChI=1S/C13H23ClO5/c14-3-12(18-4-10-1-2-10)7-16-5-11(15)6-17-8-13-9-19-13/h10-13,15H,1-9H2/t11?,12?,13-/m1/s1. The molecule has 1 saturated heterocycles. The Morgan fingerprint density at radius 3 is 2.53 bits per heavy atom. The average molecular weight is 295 g/mol. The van der Waals surface area contributed by atoms with Crippen molar-refractivity contribution in [3.8, 4) is 0 Å². The van der Waals surface area contributed by atoms with Crippen LogP contribution in [0.3, 0.4) is 0 Å². The minimum absolute atomic E-state index is 0.0877. The van der Waals surface area contributed by atoms with Crippen LogP contribution in [0.15, 0.2) is 0 Å². The lowest BCUT2D eigenvalue weighted by Gasteiger charge is -2.17. The summed E-state index contributed by atoms with van der Waals surface area (Å²) in [5.74, 6) is 1.13. The van der Waals surface area contributed by atoms with Crippen molar-refractivity contribution in [3.63, 3.8) is 0 Å². The fourth-order valence-corrected chi connectivity index (χ4v) is 1.76. The molecule has 1 heterocycles. The Labute approximate surface area is 119 Å². The van der Waals surface area contributed by atoms with Gasteiger partial charge < -0.3 is 24.1 Å². The molecule has 2 fully saturated rings. The molecule has 2 aliphatic rings. The number of hydrogen-bond acceptors (Lipinski definition) is 5. The third-order valence-corrected chi connectivity index (χ3v) is 3.41. The van der Waals surface area contributed by atoms with Gasteiger partial charge in [0.25, 0.3) is 0 Å². The van der Waals surface area contributed by atoms with Crippen LogP contribution in [0.1, 0.15) is 12.8 Å². The first kappa shape index (κ1) is 15.5. The van der Waals surface area contributed by atoms with Crippen LogP contribution in [0.2, 0.25) is 0 Å². The van der Waals surface area contributed by atoms with Crippen molar-refractivity contribution in [1.29, 1.82) is 0 Å². The largest absolute Gasteiger partial charge is 0.388 e. The van der Waals surface area contributed by atoms with Crippen LogP contribution in [0, 0.1) is 5.92 Å². The van der Waals surface area contributed by atoms with E-state index in [1.807, 2.05) is 0 Å². The normalized spacial score (nSPS) is 25.3. The Bertz CT molecular complexity index is 245. The number of halogens is 1. The number of alkyl halides is 1. The second-order valence-corrected chi connectivity index (χ2v) is 5.55. The molecule has 0 amide bonds. The summed E-state index contributed by atoms with van der Waals surface area (Å²) in [4.78, 5) is 0. The number of rotatable bonds is 12. The van der Waals surface area contributed by atoms with E-state index in [4.69, 9.17) is 30.5 Å². The highest BCUT2D eigenvalue weighted by atomic mass is 35.5. The van der Waals surface area contributed by atoms with Crippen molar-refractivity contribution in [2.45, 2.75) is 31.2 Å². The predicted octanol–water partition coefficient (Wildman–Crippen LogP) is 0.813. The molecule has 1 N–H and O–H groups in total. The van der Waals surface area contributed by atoms with E-state index in [0.29, 0.717) is 25.0 Å². The fraction of sp³-hybridized carbons (Fsp3) is 1.00. The summed E-state index contributed by atoms with van der Waals surface area (Å²) in [7, 11) is 0. The van der Waals surface area contributed by atoms with Crippen molar-refractivity contribution in [2.75, 3.05) is 45.5 Å². The molecule has 0 bridgehead atoms. The molecule has 0 radical (unpaired) electrons. The molecular weight excluding hydrogens is 272 g/mol. The molecule has 112 valence electrons. The number of hydrogen-bond donors (Lipinski definition) is 1. The van der Waals surface area contributed by atoms with Crippen LogP contribution in [-0.2, 0) is 18.9 Å². The van der Waals surface area contributed by atoms with Crippen LogP contribution < -0.4 is 0 Å². The summed E-state index contributed by atoms with van der Waals surface area (Å²) >= 11 is 5.81. The number of aliphatic hydroxyl groups excluding tert-OH is 1. The highest BCUT2D eigenvalue weighted by Crippen LogP contribution is 2.29. The smallest absolute Gasteiger partial charge is 0.104 e. The Hall–Kier alpha value is 0.0900. The summed E-state index contributed by atoms with van der Waals surface area (Å²) < 4.78 is 21.3. The van der Waals surface area contributed by atoms with Gasteiger partial charge in [0.15, 0.2) is 0 Å². The van der Waals surface area contributed by atoms with E-state index in [2.05, 4.69) is 0 Å². The summed E-state index contributed by atoms with van der Waals surface area (Å²) in [5, 5.41) is 9.63. The first-order valence-electron chi connectivity index (χ1n) is 6.90. The number of ether oxygens (including phenoxy) is 4. The third kappa shape index (κ3) is 7.44. The number of aliphatic hydroxyl groups is 1. The van der Waals surface area contributed by atoms with Gasteiger partial charge in [0, 0.05) is 6.61 Å². The van der Waals surface area contributed by atoms with Gasteiger partial charge in [-0.1, -0.05) is 0 Å². The zero-order valence-corrected chi connectivity index (χ0v) is 11.9. The lowest BCUT2D eigenvalue weighted by molar-refractivity contribution is -0.0535. The lowest BCUT2D eigenvalue weighted by atomic mass is 10.4. The van der Waals surface area contributed by atoms with Crippen molar-refractivity contribution in [1.82, 2.24) is 0 Å². The monoisotopic (exact) mass is 294 g/mol. The van der Waals surface area contributed by atoms with Gasteiger partial charge in [-0.15, -0.1) is 11.6 Å². The van der Waals surface area contributed by atoms with Gasteiger partial charge in [-0.25, -0.2) is 0 Å². The van der Waals surface area contributed by atoms with Crippen LogP contribution >= 0.6 is 11.6 Å². The Balaban J connectivity index is 1.43. The molecule has 0 aromatic carbocycles. The van der Waals surface area contributed by atoms with Gasteiger partial charge in [0.2, 0.25) is 0 Å². The summed E-state index contributed by atoms with van der Waals surface area (Å²) in [6.45, 7) is 3.01. The first-order valence-corrected chi connectivity index (χ1v) is 7.44. The van der Waals surface area contributed by atoms with E-state index >= 15 is 0 Å². The van der Waals surface area contributed by atoms with E-state index in [0.717, 1.165) is 13.2 Å².